The second-order valence-corrected chi connectivity index (χ2v) is 4.98. The van der Waals surface area contributed by atoms with Gasteiger partial charge in [0, 0.05) is 31.7 Å². The number of nitrogens with one attached hydrogen (secondary N) is 1. The van der Waals surface area contributed by atoms with Gasteiger partial charge in [0.05, 0.1) is 6.54 Å². The zero-order chi connectivity index (χ0) is 14.4. The van der Waals surface area contributed by atoms with Crippen LogP contribution in [0.15, 0.2) is 36.7 Å². The van der Waals surface area contributed by atoms with E-state index in [2.05, 4.69) is 15.2 Å². The molecule has 0 fully saturated rings. The van der Waals surface area contributed by atoms with Gasteiger partial charge in [-0.25, -0.2) is 4.98 Å². The lowest BCUT2D eigenvalue weighted by Crippen LogP contribution is -2.19. The first-order valence-electron chi connectivity index (χ1n) is 6.73. The number of ether oxygens (including phenoxy) is 1. The van der Waals surface area contributed by atoms with E-state index in [9.17, 15) is 0 Å². The first-order valence-corrected chi connectivity index (χ1v) is 6.73. The van der Waals surface area contributed by atoms with Crippen LogP contribution >= 0.6 is 0 Å². The SMILES string of the molecule is CN(C)CCOc1ccc(NCc2nccn2C)cc1. The van der Waals surface area contributed by atoms with Crippen molar-refractivity contribution in [2.75, 3.05) is 32.6 Å². The maximum Gasteiger partial charge on any atom is 0.127 e. The predicted octanol–water partition coefficient (Wildman–Crippen LogP) is 1.97. The number of aryl methyl sites for hydroxylation is 1. The highest BCUT2D eigenvalue weighted by Crippen LogP contribution is 2.16. The zero-order valence-corrected chi connectivity index (χ0v) is 12.3. The summed E-state index contributed by atoms with van der Waals surface area (Å²) in [6.45, 7) is 2.33. The fourth-order valence-corrected chi connectivity index (χ4v) is 1.76. The molecule has 2 rings (SSSR count). The monoisotopic (exact) mass is 274 g/mol. The number of aromatic nitrogens is 2. The highest BCUT2D eigenvalue weighted by molar-refractivity contribution is 5.46. The van der Waals surface area contributed by atoms with Gasteiger partial charge in [-0.15, -0.1) is 0 Å². The van der Waals surface area contributed by atoms with Crippen LogP contribution in [-0.4, -0.2) is 41.7 Å². The van der Waals surface area contributed by atoms with Gasteiger partial charge in [0.15, 0.2) is 0 Å². The Labute approximate surface area is 120 Å². The molecule has 1 aromatic heterocycles. The molecule has 20 heavy (non-hydrogen) atoms. The van der Waals surface area contributed by atoms with Crippen LogP contribution < -0.4 is 10.1 Å². The smallest absolute Gasteiger partial charge is 0.127 e. The highest BCUT2D eigenvalue weighted by Gasteiger charge is 2.00. The molecule has 0 aliphatic carbocycles. The normalized spacial score (nSPS) is 10.8. The first-order chi connectivity index (χ1) is 9.65. The third-order valence-electron chi connectivity index (χ3n) is 3.03. The minimum absolute atomic E-state index is 0.701. The van der Waals surface area contributed by atoms with Crippen LogP contribution in [0.3, 0.4) is 0 Å². The summed E-state index contributed by atoms with van der Waals surface area (Å²) >= 11 is 0. The molecule has 5 heteroatoms. The zero-order valence-electron chi connectivity index (χ0n) is 12.3. The molecule has 0 unspecified atom stereocenters. The minimum Gasteiger partial charge on any atom is -0.492 e. The Morgan fingerprint density at radius 2 is 2.00 bits per heavy atom. The van der Waals surface area contributed by atoms with Crippen molar-refractivity contribution < 1.29 is 4.74 Å². The van der Waals surface area contributed by atoms with Crippen LogP contribution in [0.4, 0.5) is 5.69 Å². The topological polar surface area (TPSA) is 42.3 Å². The summed E-state index contributed by atoms with van der Waals surface area (Å²) in [5.41, 5.74) is 1.06. The molecule has 0 aliphatic heterocycles. The van der Waals surface area contributed by atoms with E-state index in [0.717, 1.165) is 23.8 Å². The summed E-state index contributed by atoms with van der Waals surface area (Å²) in [4.78, 5) is 6.38. The standard InChI is InChI=1S/C15H22N4O/c1-18(2)10-11-20-14-6-4-13(5-7-14)17-12-15-16-8-9-19(15)3/h4-9,17H,10-12H2,1-3H3. The molecule has 0 amide bonds. The van der Waals surface area contributed by atoms with Crippen molar-refractivity contribution in [1.82, 2.24) is 14.5 Å². The van der Waals surface area contributed by atoms with Crippen molar-refractivity contribution in [2.45, 2.75) is 6.54 Å². The molecule has 0 spiro atoms. The van der Waals surface area contributed by atoms with Crippen molar-refractivity contribution >= 4 is 5.69 Å². The molecule has 2 aromatic rings. The molecular weight excluding hydrogens is 252 g/mol. The fourth-order valence-electron chi connectivity index (χ4n) is 1.76. The van der Waals surface area contributed by atoms with E-state index < -0.39 is 0 Å². The number of hydrogen-bond donors (Lipinski definition) is 1. The summed E-state index contributed by atoms with van der Waals surface area (Å²) < 4.78 is 7.66. The van der Waals surface area contributed by atoms with E-state index in [-0.39, 0.29) is 0 Å². The van der Waals surface area contributed by atoms with Crippen LogP contribution in [0.1, 0.15) is 5.82 Å². The number of hydrogen-bond acceptors (Lipinski definition) is 4. The molecular formula is C15H22N4O. The summed E-state index contributed by atoms with van der Waals surface area (Å²) in [5.74, 6) is 1.91. The summed E-state index contributed by atoms with van der Waals surface area (Å²) in [6, 6.07) is 8.01. The molecule has 108 valence electrons. The number of imidazole rings is 1. The Morgan fingerprint density at radius 1 is 1.25 bits per heavy atom. The molecule has 0 radical (unpaired) electrons. The van der Waals surface area contributed by atoms with Crippen molar-refractivity contribution in [2.24, 2.45) is 7.05 Å². The number of rotatable bonds is 7. The van der Waals surface area contributed by atoms with Crippen LogP contribution in [-0.2, 0) is 13.6 Å². The molecule has 0 atom stereocenters. The van der Waals surface area contributed by atoms with Crippen LogP contribution in [0, 0.1) is 0 Å². The summed E-state index contributed by atoms with van der Waals surface area (Å²) in [5, 5.41) is 3.34. The largest absolute Gasteiger partial charge is 0.492 e. The number of nitrogens with zero attached hydrogens (tertiary/aromatic N) is 3. The van der Waals surface area contributed by atoms with Gasteiger partial charge in [0.1, 0.15) is 18.2 Å². The minimum atomic E-state index is 0.701. The fraction of sp³-hybridized carbons (Fsp3) is 0.400. The lowest BCUT2D eigenvalue weighted by molar-refractivity contribution is 0.261. The Balaban J connectivity index is 1.81. The number of benzene rings is 1. The Bertz CT molecular complexity index is 519. The van der Waals surface area contributed by atoms with Crippen molar-refractivity contribution in [3.63, 3.8) is 0 Å². The van der Waals surface area contributed by atoms with Crippen molar-refractivity contribution in [3.8, 4) is 5.75 Å². The third kappa shape index (κ3) is 4.28. The van der Waals surface area contributed by atoms with E-state index in [1.807, 2.05) is 56.2 Å². The molecule has 5 nitrogen and oxygen atoms in total. The summed E-state index contributed by atoms with van der Waals surface area (Å²) in [6.07, 6.45) is 3.75. The van der Waals surface area contributed by atoms with Crippen molar-refractivity contribution in [3.05, 3.63) is 42.5 Å². The Hall–Kier alpha value is -2.01. The predicted molar refractivity (Wildman–Crippen MR) is 81.0 cm³/mol. The average molecular weight is 274 g/mol. The van der Waals surface area contributed by atoms with Crippen molar-refractivity contribution in [1.29, 1.82) is 0 Å². The van der Waals surface area contributed by atoms with Gasteiger partial charge in [0.2, 0.25) is 0 Å². The van der Waals surface area contributed by atoms with E-state index in [4.69, 9.17) is 4.74 Å². The van der Waals surface area contributed by atoms with E-state index in [1.54, 1.807) is 6.20 Å². The maximum atomic E-state index is 5.66. The van der Waals surface area contributed by atoms with Gasteiger partial charge in [-0.05, 0) is 38.4 Å². The third-order valence-corrected chi connectivity index (χ3v) is 3.03. The van der Waals surface area contributed by atoms with E-state index >= 15 is 0 Å². The molecule has 0 saturated carbocycles. The highest BCUT2D eigenvalue weighted by atomic mass is 16.5. The quantitative estimate of drug-likeness (QED) is 0.838. The molecule has 1 aromatic carbocycles. The Morgan fingerprint density at radius 3 is 2.60 bits per heavy atom. The summed E-state index contributed by atoms with van der Waals surface area (Å²) in [7, 11) is 6.06. The second kappa shape index (κ2) is 6.96. The van der Waals surface area contributed by atoms with Gasteiger partial charge in [-0.2, -0.15) is 0 Å². The van der Waals surface area contributed by atoms with Crippen LogP contribution in [0.5, 0.6) is 5.75 Å². The van der Waals surface area contributed by atoms with Gasteiger partial charge < -0.3 is 19.5 Å². The first kappa shape index (κ1) is 14.4. The van der Waals surface area contributed by atoms with Crippen LogP contribution in [0.2, 0.25) is 0 Å². The van der Waals surface area contributed by atoms with Gasteiger partial charge in [0.25, 0.3) is 0 Å². The lowest BCUT2D eigenvalue weighted by Gasteiger charge is -2.11. The molecule has 0 aliphatic rings. The average Bonchev–Trinajstić information content (AvgIpc) is 2.83. The molecule has 0 saturated heterocycles. The van der Waals surface area contributed by atoms with Gasteiger partial charge >= 0.3 is 0 Å². The second-order valence-electron chi connectivity index (χ2n) is 4.98. The van der Waals surface area contributed by atoms with Gasteiger partial charge in [-0.3, -0.25) is 0 Å². The van der Waals surface area contributed by atoms with E-state index in [1.165, 1.54) is 0 Å². The Kier molecular flexibility index (Phi) is 5.01. The molecule has 1 N–H and O–H groups in total. The number of likely N-dealkylation sites (N-methyl/N-ethyl adjacent to an activating group) is 1. The molecule has 1 heterocycles. The lowest BCUT2D eigenvalue weighted by atomic mass is 10.3. The van der Waals surface area contributed by atoms with E-state index in [0.29, 0.717) is 13.2 Å². The van der Waals surface area contributed by atoms with Gasteiger partial charge in [-0.1, -0.05) is 0 Å². The number of anilines is 1. The molecule has 0 bridgehead atoms. The van der Waals surface area contributed by atoms with Crippen LogP contribution in [0.25, 0.3) is 0 Å². The maximum absolute atomic E-state index is 5.66.